The number of nitrogen functional groups attached to an aromatic ring is 1. The zero-order chi connectivity index (χ0) is 13.1. The molecule has 0 saturated carbocycles. The lowest BCUT2D eigenvalue weighted by Gasteiger charge is -2.32. The molecule has 0 amide bonds. The van der Waals surface area contributed by atoms with Crippen molar-refractivity contribution in [1.29, 1.82) is 0 Å². The van der Waals surface area contributed by atoms with Crippen LogP contribution >= 0.6 is 0 Å². The Morgan fingerprint density at radius 2 is 2.22 bits per heavy atom. The number of nitrogens with zero attached hydrogens (tertiary/aromatic N) is 2. The van der Waals surface area contributed by atoms with E-state index in [1.807, 2.05) is 0 Å². The highest BCUT2D eigenvalue weighted by molar-refractivity contribution is 5.94. The summed E-state index contributed by atoms with van der Waals surface area (Å²) in [5.74, 6) is 0.504. The van der Waals surface area contributed by atoms with Gasteiger partial charge in [0, 0.05) is 13.1 Å². The van der Waals surface area contributed by atoms with Gasteiger partial charge in [-0.1, -0.05) is 13.3 Å². The molecule has 3 N–H and O–H groups in total. The standard InChI is InChI=1S/C13H19N3O2/c1-2-9-3-5-16(6-4-9)12-7-10(13(17)18)11(14)8-15-12/h7-9H,2-6,14H2,1H3,(H,17,18). The number of anilines is 2. The van der Waals surface area contributed by atoms with Crippen molar-refractivity contribution in [2.45, 2.75) is 26.2 Å². The van der Waals surface area contributed by atoms with Crippen LogP contribution in [0.25, 0.3) is 0 Å². The third kappa shape index (κ3) is 2.55. The van der Waals surface area contributed by atoms with Gasteiger partial charge in [0.15, 0.2) is 0 Å². The second kappa shape index (κ2) is 5.25. The quantitative estimate of drug-likeness (QED) is 0.856. The fraction of sp³-hybridized carbons (Fsp3) is 0.538. The van der Waals surface area contributed by atoms with Gasteiger partial charge in [-0.3, -0.25) is 0 Å². The predicted molar refractivity (Wildman–Crippen MR) is 70.8 cm³/mol. The zero-order valence-corrected chi connectivity index (χ0v) is 10.6. The number of aromatic carboxylic acids is 1. The molecule has 18 heavy (non-hydrogen) atoms. The first-order chi connectivity index (χ1) is 8.61. The first-order valence-electron chi connectivity index (χ1n) is 6.35. The molecule has 1 fully saturated rings. The number of rotatable bonds is 3. The van der Waals surface area contributed by atoms with Crippen LogP contribution in [-0.2, 0) is 0 Å². The second-order valence-electron chi connectivity index (χ2n) is 4.77. The monoisotopic (exact) mass is 249 g/mol. The average molecular weight is 249 g/mol. The molecule has 1 aromatic rings. The highest BCUT2D eigenvalue weighted by Crippen LogP contribution is 2.25. The molecule has 5 nitrogen and oxygen atoms in total. The molecule has 0 aliphatic carbocycles. The molecular formula is C13H19N3O2. The molecule has 1 aliphatic rings. The summed E-state index contributed by atoms with van der Waals surface area (Å²) in [6, 6.07) is 1.57. The lowest BCUT2D eigenvalue weighted by molar-refractivity contribution is 0.0698. The molecule has 2 rings (SSSR count). The molecule has 0 aromatic carbocycles. The Hall–Kier alpha value is -1.78. The topological polar surface area (TPSA) is 79.5 Å². The minimum Gasteiger partial charge on any atom is -0.478 e. The maximum atomic E-state index is 11.0. The molecular weight excluding hydrogens is 230 g/mol. The van der Waals surface area contributed by atoms with Crippen molar-refractivity contribution in [3.63, 3.8) is 0 Å². The Balaban J connectivity index is 2.15. The van der Waals surface area contributed by atoms with Gasteiger partial charge >= 0.3 is 5.97 Å². The number of hydrogen-bond donors (Lipinski definition) is 2. The van der Waals surface area contributed by atoms with Gasteiger partial charge in [0.05, 0.1) is 17.4 Å². The molecule has 0 atom stereocenters. The van der Waals surface area contributed by atoms with Gasteiger partial charge in [-0.05, 0) is 24.8 Å². The number of carboxylic acids is 1. The van der Waals surface area contributed by atoms with E-state index in [1.165, 1.54) is 12.6 Å². The summed E-state index contributed by atoms with van der Waals surface area (Å²) < 4.78 is 0. The van der Waals surface area contributed by atoms with Crippen LogP contribution in [0.3, 0.4) is 0 Å². The Morgan fingerprint density at radius 3 is 2.78 bits per heavy atom. The maximum Gasteiger partial charge on any atom is 0.337 e. The summed E-state index contributed by atoms with van der Waals surface area (Å²) in [6.07, 6.45) is 4.93. The number of hydrogen-bond acceptors (Lipinski definition) is 4. The SMILES string of the molecule is CCC1CCN(c2cc(C(=O)O)c(N)cn2)CC1. The van der Waals surface area contributed by atoms with Gasteiger partial charge in [-0.15, -0.1) is 0 Å². The first kappa shape index (κ1) is 12.7. The van der Waals surface area contributed by atoms with E-state index in [1.54, 1.807) is 6.07 Å². The molecule has 0 radical (unpaired) electrons. The predicted octanol–water partition coefficient (Wildman–Crippen LogP) is 1.99. The van der Waals surface area contributed by atoms with E-state index in [2.05, 4.69) is 16.8 Å². The van der Waals surface area contributed by atoms with Crippen LogP contribution in [0.2, 0.25) is 0 Å². The molecule has 98 valence electrons. The number of nitrogens with two attached hydrogens (primary N) is 1. The van der Waals surface area contributed by atoms with E-state index in [0.29, 0.717) is 0 Å². The van der Waals surface area contributed by atoms with Gasteiger partial charge in [-0.25, -0.2) is 9.78 Å². The third-order valence-electron chi connectivity index (χ3n) is 3.67. The highest BCUT2D eigenvalue weighted by Gasteiger charge is 2.20. The van der Waals surface area contributed by atoms with Crippen LogP contribution in [0.4, 0.5) is 11.5 Å². The van der Waals surface area contributed by atoms with E-state index in [0.717, 1.165) is 37.7 Å². The minimum absolute atomic E-state index is 0.137. The van der Waals surface area contributed by atoms with Crippen LogP contribution in [0, 0.1) is 5.92 Å². The van der Waals surface area contributed by atoms with Gasteiger partial charge < -0.3 is 15.7 Å². The van der Waals surface area contributed by atoms with Crippen molar-refractivity contribution < 1.29 is 9.90 Å². The van der Waals surface area contributed by atoms with Crippen molar-refractivity contribution in [1.82, 2.24) is 4.98 Å². The summed E-state index contributed by atoms with van der Waals surface area (Å²) in [4.78, 5) is 17.4. The van der Waals surface area contributed by atoms with Gasteiger partial charge in [0.2, 0.25) is 0 Å². The van der Waals surface area contributed by atoms with Crippen molar-refractivity contribution in [3.8, 4) is 0 Å². The Morgan fingerprint density at radius 1 is 1.56 bits per heavy atom. The second-order valence-corrected chi connectivity index (χ2v) is 4.77. The van der Waals surface area contributed by atoms with Crippen LogP contribution in [0.15, 0.2) is 12.3 Å². The van der Waals surface area contributed by atoms with Crippen molar-refractivity contribution in [2.75, 3.05) is 23.7 Å². The molecule has 1 aliphatic heterocycles. The fourth-order valence-corrected chi connectivity index (χ4v) is 2.38. The minimum atomic E-state index is -1.00. The van der Waals surface area contributed by atoms with Crippen LogP contribution in [0.5, 0.6) is 0 Å². The Kier molecular flexibility index (Phi) is 3.69. The number of piperidine rings is 1. The maximum absolute atomic E-state index is 11.0. The Labute approximate surface area is 107 Å². The summed E-state index contributed by atoms with van der Waals surface area (Å²) in [5, 5.41) is 9.04. The molecule has 5 heteroatoms. The molecule has 0 bridgehead atoms. The highest BCUT2D eigenvalue weighted by atomic mass is 16.4. The third-order valence-corrected chi connectivity index (χ3v) is 3.67. The average Bonchev–Trinajstić information content (AvgIpc) is 2.39. The largest absolute Gasteiger partial charge is 0.478 e. The molecule has 0 unspecified atom stereocenters. The lowest BCUT2D eigenvalue weighted by atomic mass is 9.94. The summed E-state index contributed by atoms with van der Waals surface area (Å²) in [7, 11) is 0. The van der Waals surface area contributed by atoms with E-state index < -0.39 is 5.97 Å². The molecule has 2 heterocycles. The van der Waals surface area contributed by atoms with Gasteiger partial charge in [0.1, 0.15) is 5.82 Å². The molecule has 1 saturated heterocycles. The van der Waals surface area contributed by atoms with E-state index in [4.69, 9.17) is 10.8 Å². The van der Waals surface area contributed by atoms with Gasteiger partial charge in [0.25, 0.3) is 0 Å². The fourth-order valence-electron chi connectivity index (χ4n) is 2.38. The summed E-state index contributed by atoms with van der Waals surface area (Å²) >= 11 is 0. The van der Waals surface area contributed by atoms with Crippen LogP contribution in [0.1, 0.15) is 36.5 Å². The molecule has 1 aromatic heterocycles. The van der Waals surface area contributed by atoms with Crippen LogP contribution in [-0.4, -0.2) is 29.1 Å². The van der Waals surface area contributed by atoms with Crippen molar-refractivity contribution >= 4 is 17.5 Å². The Bertz CT molecular complexity index is 440. The zero-order valence-electron chi connectivity index (χ0n) is 10.6. The van der Waals surface area contributed by atoms with Crippen LogP contribution < -0.4 is 10.6 Å². The van der Waals surface area contributed by atoms with Crippen molar-refractivity contribution in [2.24, 2.45) is 5.92 Å². The summed E-state index contributed by atoms with van der Waals surface area (Å²) in [6.45, 7) is 4.09. The smallest absolute Gasteiger partial charge is 0.337 e. The van der Waals surface area contributed by atoms with E-state index in [9.17, 15) is 4.79 Å². The number of aromatic nitrogens is 1. The van der Waals surface area contributed by atoms with Crippen molar-refractivity contribution in [3.05, 3.63) is 17.8 Å². The normalized spacial score (nSPS) is 16.8. The molecule has 0 spiro atoms. The van der Waals surface area contributed by atoms with Gasteiger partial charge in [-0.2, -0.15) is 0 Å². The number of carboxylic acid groups (broad SMARTS) is 1. The summed E-state index contributed by atoms with van der Waals surface area (Å²) in [5.41, 5.74) is 5.96. The first-order valence-corrected chi connectivity index (χ1v) is 6.35. The number of carbonyl (C=O) groups is 1. The lowest BCUT2D eigenvalue weighted by Crippen LogP contribution is -2.34. The van der Waals surface area contributed by atoms with E-state index >= 15 is 0 Å². The number of pyridine rings is 1. The van der Waals surface area contributed by atoms with E-state index in [-0.39, 0.29) is 11.3 Å².